The number of fused-ring (bicyclic) bond motifs is 1. The van der Waals surface area contributed by atoms with Crippen molar-refractivity contribution in [3.05, 3.63) is 62.8 Å². The Morgan fingerprint density at radius 3 is 2.55 bits per heavy atom. The number of hydrogen-bond acceptors (Lipinski definition) is 6. The van der Waals surface area contributed by atoms with Crippen molar-refractivity contribution < 1.29 is 9.18 Å². The van der Waals surface area contributed by atoms with E-state index in [1.807, 2.05) is 24.8 Å². The number of hydrogen-bond donors (Lipinski definition) is 0. The molecule has 4 heterocycles. The lowest BCUT2D eigenvalue weighted by Gasteiger charge is -2.34. The summed E-state index contributed by atoms with van der Waals surface area (Å²) in [7, 11) is 0. The third-order valence-corrected chi connectivity index (χ3v) is 7.46. The summed E-state index contributed by atoms with van der Waals surface area (Å²) in [6.07, 6.45) is 0. The molecule has 0 atom stereocenters. The smallest absolute Gasteiger partial charge is 0.264 e. The molecule has 5 rings (SSSR count). The molecular formula is C22H22FN5OS2. The van der Waals surface area contributed by atoms with E-state index in [9.17, 15) is 9.18 Å². The maximum absolute atomic E-state index is 13.3. The Labute approximate surface area is 187 Å². The van der Waals surface area contributed by atoms with E-state index in [1.54, 1.807) is 28.2 Å². The van der Waals surface area contributed by atoms with Gasteiger partial charge in [-0.2, -0.15) is 5.10 Å². The molecule has 1 amide bonds. The van der Waals surface area contributed by atoms with Gasteiger partial charge in [0.25, 0.3) is 5.91 Å². The molecule has 1 aliphatic rings. The molecule has 1 saturated heterocycles. The number of benzene rings is 1. The first kappa shape index (κ1) is 20.3. The molecule has 4 aromatic rings. The van der Waals surface area contributed by atoms with Gasteiger partial charge in [0.2, 0.25) is 0 Å². The van der Waals surface area contributed by atoms with Gasteiger partial charge in [-0.15, -0.1) is 22.7 Å². The molecular weight excluding hydrogens is 433 g/mol. The Morgan fingerprint density at radius 2 is 1.87 bits per heavy atom. The van der Waals surface area contributed by atoms with Gasteiger partial charge in [-0.05, 0) is 44.2 Å². The van der Waals surface area contributed by atoms with Crippen LogP contribution in [0.15, 0.2) is 35.7 Å². The zero-order valence-corrected chi connectivity index (χ0v) is 19.0. The Kier molecular flexibility index (Phi) is 5.33. The number of carbonyl (C=O) groups excluding carboxylic acids is 1. The number of rotatable bonds is 4. The molecule has 0 unspecified atom stereocenters. The van der Waals surface area contributed by atoms with Crippen LogP contribution < -0.4 is 0 Å². The normalized spacial score (nSPS) is 15.1. The molecule has 6 nitrogen and oxygen atoms in total. The maximum atomic E-state index is 13.3. The van der Waals surface area contributed by atoms with Crippen LogP contribution in [-0.2, 0) is 6.54 Å². The minimum atomic E-state index is -0.282. The van der Waals surface area contributed by atoms with Gasteiger partial charge >= 0.3 is 0 Å². The van der Waals surface area contributed by atoms with Gasteiger partial charge in [-0.1, -0.05) is 0 Å². The fourth-order valence-corrected chi connectivity index (χ4v) is 5.64. The Balaban J connectivity index is 1.31. The van der Waals surface area contributed by atoms with E-state index in [2.05, 4.69) is 20.4 Å². The van der Waals surface area contributed by atoms with Gasteiger partial charge in [-0.3, -0.25) is 9.69 Å². The van der Waals surface area contributed by atoms with Crippen molar-refractivity contribution in [2.45, 2.75) is 20.4 Å². The monoisotopic (exact) mass is 455 g/mol. The van der Waals surface area contributed by atoms with Crippen LogP contribution in [-0.4, -0.2) is 56.7 Å². The number of thiophene rings is 1. The third-order valence-electron chi connectivity index (χ3n) is 5.54. The highest BCUT2D eigenvalue weighted by Crippen LogP contribution is 2.31. The van der Waals surface area contributed by atoms with Crippen molar-refractivity contribution in [2.24, 2.45) is 0 Å². The van der Waals surface area contributed by atoms with Crippen molar-refractivity contribution in [3.63, 3.8) is 0 Å². The molecule has 1 aliphatic heterocycles. The zero-order valence-electron chi connectivity index (χ0n) is 17.3. The molecule has 1 fully saturated rings. The number of aromatic nitrogens is 3. The highest BCUT2D eigenvalue weighted by Gasteiger charge is 2.25. The van der Waals surface area contributed by atoms with E-state index in [0.29, 0.717) is 13.1 Å². The summed E-state index contributed by atoms with van der Waals surface area (Å²) < 4.78 is 15.1. The molecule has 0 N–H and O–H groups in total. The Hall–Kier alpha value is -2.62. The lowest BCUT2D eigenvalue weighted by Crippen LogP contribution is -2.48. The number of thiazole rings is 1. The summed E-state index contributed by atoms with van der Waals surface area (Å²) in [5.41, 5.74) is 2.75. The first-order valence-corrected chi connectivity index (χ1v) is 11.9. The molecule has 9 heteroatoms. The van der Waals surface area contributed by atoms with Crippen LogP contribution in [0, 0.1) is 19.7 Å². The van der Waals surface area contributed by atoms with Crippen molar-refractivity contribution in [3.8, 4) is 5.69 Å². The predicted molar refractivity (Wildman–Crippen MR) is 122 cm³/mol. The van der Waals surface area contributed by atoms with Crippen LogP contribution in [0.25, 0.3) is 15.9 Å². The molecule has 1 aromatic carbocycles. The summed E-state index contributed by atoms with van der Waals surface area (Å²) in [5.74, 6) is -0.217. The summed E-state index contributed by atoms with van der Waals surface area (Å²) >= 11 is 3.12. The number of nitrogens with zero attached hydrogens (tertiary/aromatic N) is 5. The Morgan fingerprint density at radius 1 is 1.13 bits per heavy atom. The second-order valence-electron chi connectivity index (χ2n) is 7.73. The number of piperazine rings is 1. The van der Waals surface area contributed by atoms with Gasteiger partial charge in [0, 0.05) is 43.5 Å². The topological polar surface area (TPSA) is 54.3 Å². The molecule has 0 spiro atoms. The largest absolute Gasteiger partial charge is 0.335 e. The lowest BCUT2D eigenvalue weighted by atomic mass is 10.2. The van der Waals surface area contributed by atoms with Crippen LogP contribution in [0.5, 0.6) is 0 Å². The molecule has 0 radical (unpaired) electrons. The summed E-state index contributed by atoms with van der Waals surface area (Å²) in [6.45, 7) is 7.89. The van der Waals surface area contributed by atoms with Crippen LogP contribution in [0.1, 0.15) is 26.1 Å². The minimum Gasteiger partial charge on any atom is -0.335 e. The molecule has 3 aromatic heterocycles. The van der Waals surface area contributed by atoms with Crippen LogP contribution in [0.2, 0.25) is 0 Å². The summed E-state index contributed by atoms with van der Waals surface area (Å²) in [5, 5.41) is 8.74. The average molecular weight is 456 g/mol. The van der Waals surface area contributed by atoms with E-state index >= 15 is 0 Å². The number of aryl methyl sites for hydroxylation is 2. The first-order valence-electron chi connectivity index (χ1n) is 10.2. The van der Waals surface area contributed by atoms with Gasteiger partial charge < -0.3 is 4.90 Å². The maximum Gasteiger partial charge on any atom is 0.264 e. The fraction of sp³-hybridized carbons (Fsp3) is 0.318. The molecule has 31 heavy (non-hydrogen) atoms. The lowest BCUT2D eigenvalue weighted by molar-refractivity contribution is 0.0632. The number of halogens is 1. The van der Waals surface area contributed by atoms with Crippen molar-refractivity contribution >= 4 is 38.8 Å². The van der Waals surface area contributed by atoms with Gasteiger partial charge in [0.05, 0.1) is 27.0 Å². The quantitative estimate of drug-likeness (QED) is 0.462. The van der Waals surface area contributed by atoms with E-state index in [0.717, 1.165) is 56.8 Å². The van der Waals surface area contributed by atoms with Gasteiger partial charge in [0.15, 0.2) is 0 Å². The van der Waals surface area contributed by atoms with E-state index < -0.39 is 0 Å². The highest BCUT2D eigenvalue weighted by molar-refractivity contribution is 7.20. The van der Waals surface area contributed by atoms with Crippen molar-refractivity contribution in [2.75, 3.05) is 26.2 Å². The van der Waals surface area contributed by atoms with Crippen LogP contribution in [0.4, 0.5) is 4.39 Å². The SMILES string of the molecule is Cc1nc(CN2CCN(C(=O)c3cc4c(C)nn(-c5ccc(F)cc5)c4s3)CC2)cs1. The predicted octanol–water partition coefficient (Wildman–Crippen LogP) is 4.26. The highest BCUT2D eigenvalue weighted by atomic mass is 32.1. The van der Waals surface area contributed by atoms with E-state index in [4.69, 9.17) is 0 Å². The molecule has 160 valence electrons. The third kappa shape index (κ3) is 4.00. The van der Waals surface area contributed by atoms with E-state index in [-0.39, 0.29) is 11.7 Å². The van der Waals surface area contributed by atoms with E-state index in [1.165, 1.54) is 23.5 Å². The van der Waals surface area contributed by atoms with Gasteiger partial charge in [0.1, 0.15) is 10.6 Å². The summed E-state index contributed by atoms with van der Waals surface area (Å²) in [4.78, 5) is 23.6. The second kappa shape index (κ2) is 8.14. The number of carbonyl (C=O) groups is 1. The van der Waals surface area contributed by atoms with Crippen LogP contribution in [0.3, 0.4) is 0 Å². The standard InChI is InChI=1S/C22H22FN5OS2/c1-14-19-11-20(31-22(19)28(25-14)18-5-3-16(23)4-6-18)21(29)27-9-7-26(8-10-27)12-17-13-30-15(2)24-17/h3-6,11,13H,7-10,12H2,1-2H3. The summed E-state index contributed by atoms with van der Waals surface area (Å²) in [6, 6.07) is 8.18. The molecule has 0 bridgehead atoms. The minimum absolute atomic E-state index is 0.0652. The van der Waals surface area contributed by atoms with Crippen molar-refractivity contribution in [1.82, 2.24) is 24.6 Å². The number of amides is 1. The first-order chi connectivity index (χ1) is 15.0. The fourth-order valence-electron chi connectivity index (χ4n) is 3.88. The molecule has 0 aliphatic carbocycles. The van der Waals surface area contributed by atoms with Crippen LogP contribution >= 0.6 is 22.7 Å². The average Bonchev–Trinajstić information content (AvgIpc) is 3.46. The Bertz CT molecular complexity index is 1230. The zero-order chi connectivity index (χ0) is 21.5. The van der Waals surface area contributed by atoms with Crippen molar-refractivity contribution in [1.29, 1.82) is 0 Å². The van der Waals surface area contributed by atoms with Gasteiger partial charge in [-0.25, -0.2) is 14.1 Å². The molecule has 0 saturated carbocycles. The second-order valence-corrected chi connectivity index (χ2v) is 9.82.